The molecule has 8 nitrogen and oxygen atoms in total. The molecule has 0 bridgehead atoms. The summed E-state index contributed by atoms with van der Waals surface area (Å²) in [5.74, 6) is 0.887. The number of hydrogen-bond acceptors (Lipinski definition) is 6. The van der Waals surface area contributed by atoms with Gasteiger partial charge in [-0.2, -0.15) is 0 Å². The maximum atomic E-state index is 13.3. The number of nitrogens with one attached hydrogen (secondary N) is 1. The highest BCUT2D eigenvalue weighted by Gasteiger charge is 2.25. The standard InChI is InChI=1S/C25H23FN4O4/c1-2-24(31)29-17-10-11-30(15-17)23-13-22(21(14-28-23)25(27)32)34-19-8-6-18(7-9-19)33-20-5-3-4-16(26)12-20/h2-9,12-14,17H,1,10-11,15H2,(H2,27,32)(H,29,31). The second-order valence-corrected chi connectivity index (χ2v) is 7.68. The van der Waals surface area contributed by atoms with E-state index in [0.29, 0.717) is 36.2 Å². The normalized spacial score (nSPS) is 15.0. The van der Waals surface area contributed by atoms with E-state index < -0.39 is 11.7 Å². The lowest BCUT2D eigenvalue weighted by atomic mass is 10.2. The van der Waals surface area contributed by atoms with Crippen molar-refractivity contribution in [2.75, 3.05) is 18.0 Å². The first-order chi connectivity index (χ1) is 16.4. The van der Waals surface area contributed by atoms with Gasteiger partial charge in [-0.25, -0.2) is 9.37 Å². The van der Waals surface area contributed by atoms with E-state index in [1.54, 1.807) is 42.5 Å². The molecule has 3 N–H and O–H groups in total. The number of ether oxygens (including phenoxy) is 2. The number of aromatic nitrogens is 1. The Morgan fingerprint density at radius 1 is 1.12 bits per heavy atom. The fourth-order valence-electron chi connectivity index (χ4n) is 3.58. The molecule has 34 heavy (non-hydrogen) atoms. The van der Waals surface area contributed by atoms with E-state index in [-0.39, 0.29) is 23.3 Å². The lowest BCUT2D eigenvalue weighted by Crippen LogP contribution is -2.36. The van der Waals surface area contributed by atoms with Crippen LogP contribution in [0.15, 0.2) is 73.4 Å². The Kier molecular flexibility index (Phi) is 6.72. The first kappa shape index (κ1) is 22.8. The zero-order valence-corrected chi connectivity index (χ0v) is 18.2. The Hall–Kier alpha value is -4.40. The summed E-state index contributed by atoms with van der Waals surface area (Å²) >= 11 is 0. The van der Waals surface area contributed by atoms with Crippen molar-refractivity contribution in [1.82, 2.24) is 10.3 Å². The van der Waals surface area contributed by atoms with E-state index in [1.165, 1.54) is 24.4 Å². The van der Waals surface area contributed by atoms with Gasteiger partial charge in [0.1, 0.15) is 40.2 Å². The second-order valence-electron chi connectivity index (χ2n) is 7.68. The molecule has 1 aliphatic heterocycles. The Balaban J connectivity index is 1.49. The van der Waals surface area contributed by atoms with Crippen LogP contribution in [0.4, 0.5) is 10.2 Å². The fourth-order valence-corrected chi connectivity index (χ4v) is 3.58. The minimum atomic E-state index is -0.669. The summed E-state index contributed by atoms with van der Waals surface area (Å²) in [7, 11) is 0. The summed E-state index contributed by atoms with van der Waals surface area (Å²) < 4.78 is 24.9. The number of pyridine rings is 1. The lowest BCUT2D eigenvalue weighted by molar-refractivity contribution is -0.117. The van der Waals surface area contributed by atoms with E-state index in [0.717, 1.165) is 6.42 Å². The number of nitrogens with zero attached hydrogens (tertiary/aromatic N) is 2. The molecule has 1 atom stereocenters. The van der Waals surface area contributed by atoms with E-state index in [4.69, 9.17) is 15.2 Å². The average Bonchev–Trinajstić information content (AvgIpc) is 3.28. The largest absolute Gasteiger partial charge is 0.457 e. The van der Waals surface area contributed by atoms with Crippen LogP contribution < -0.4 is 25.4 Å². The molecule has 1 saturated heterocycles. The van der Waals surface area contributed by atoms with Crippen LogP contribution in [0, 0.1) is 5.82 Å². The third kappa shape index (κ3) is 5.50. The van der Waals surface area contributed by atoms with Gasteiger partial charge in [-0.3, -0.25) is 9.59 Å². The molecule has 2 aromatic carbocycles. The van der Waals surface area contributed by atoms with Gasteiger partial charge in [0.05, 0.1) is 0 Å². The number of nitrogens with two attached hydrogens (primary N) is 1. The molecule has 0 spiro atoms. The molecular weight excluding hydrogens is 439 g/mol. The number of primary amides is 1. The third-order valence-electron chi connectivity index (χ3n) is 5.24. The quantitative estimate of drug-likeness (QED) is 0.494. The fraction of sp³-hybridized carbons (Fsp3) is 0.160. The highest BCUT2D eigenvalue weighted by atomic mass is 19.1. The van der Waals surface area contributed by atoms with Crippen LogP contribution in [-0.2, 0) is 4.79 Å². The Bertz CT molecular complexity index is 1220. The van der Waals surface area contributed by atoms with Crippen LogP contribution in [-0.4, -0.2) is 35.9 Å². The van der Waals surface area contributed by atoms with Gasteiger partial charge in [0.15, 0.2) is 0 Å². The van der Waals surface area contributed by atoms with Crippen molar-refractivity contribution in [1.29, 1.82) is 0 Å². The molecule has 4 rings (SSSR count). The molecule has 2 heterocycles. The highest BCUT2D eigenvalue weighted by Crippen LogP contribution is 2.31. The summed E-state index contributed by atoms with van der Waals surface area (Å²) in [5.41, 5.74) is 5.64. The Morgan fingerprint density at radius 2 is 1.85 bits per heavy atom. The molecule has 1 unspecified atom stereocenters. The number of benzene rings is 2. The molecule has 1 aliphatic rings. The smallest absolute Gasteiger partial charge is 0.254 e. The van der Waals surface area contributed by atoms with E-state index in [2.05, 4.69) is 16.9 Å². The first-order valence-electron chi connectivity index (χ1n) is 10.6. The molecule has 9 heteroatoms. The maximum Gasteiger partial charge on any atom is 0.254 e. The van der Waals surface area contributed by atoms with Crippen LogP contribution in [0.25, 0.3) is 0 Å². The van der Waals surface area contributed by atoms with Crippen LogP contribution in [0.2, 0.25) is 0 Å². The van der Waals surface area contributed by atoms with Gasteiger partial charge < -0.3 is 25.4 Å². The number of hydrogen-bond donors (Lipinski definition) is 2. The lowest BCUT2D eigenvalue weighted by Gasteiger charge is -2.19. The molecule has 174 valence electrons. The molecule has 1 aromatic heterocycles. The van der Waals surface area contributed by atoms with E-state index >= 15 is 0 Å². The number of rotatable bonds is 8. The molecule has 1 fully saturated rings. The van der Waals surface area contributed by atoms with Crippen molar-refractivity contribution in [3.05, 3.63) is 84.8 Å². The minimum absolute atomic E-state index is 0.0295. The Morgan fingerprint density at radius 3 is 2.53 bits per heavy atom. The zero-order chi connectivity index (χ0) is 24.1. The van der Waals surface area contributed by atoms with Crippen LogP contribution in [0.3, 0.4) is 0 Å². The van der Waals surface area contributed by atoms with Crippen molar-refractivity contribution in [2.24, 2.45) is 5.73 Å². The number of amides is 2. The predicted octanol–water partition coefficient (Wildman–Crippen LogP) is 3.79. The van der Waals surface area contributed by atoms with Gasteiger partial charge in [0.25, 0.3) is 5.91 Å². The van der Waals surface area contributed by atoms with Crippen LogP contribution in [0.1, 0.15) is 16.8 Å². The number of halogens is 1. The van der Waals surface area contributed by atoms with Crippen LogP contribution >= 0.6 is 0 Å². The molecule has 2 amide bonds. The van der Waals surface area contributed by atoms with Gasteiger partial charge in [-0.05, 0) is 48.9 Å². The highest BCUT2D eigenvalue weighted by molar-refractivity contribution is 5.95. The molecule has 0 radical (unpaired) electrons. The summed E-state index contributed by atoms with van der Waals surface area (Å²) in [5, 5.41) is 2.87. The summed E-state index contributed by atoms with van der Waals surface area (Å²) in [6.45, 7) is 4.71. The van der Waals surface area contributed by atoms with Gasteiger partial charge in [0, 0.05) is 37.5 Å². The summed E-state index contributed by atoms with van der Waals surface area (Å²) in [6.07, 6.45) is 3.37. The molecule has 0 aliphatic carbocycles. The predicted molar refractivity (Wildman–Crippen MR) is 125 cm³/mol. The van der Waals surface area contributed by atoms with Gasteiger partial charge >= 0.3 is 0 Å². The Labute approximate surface area is 195 Å². The summed E-state index contributed by atoms with van der Waals surface area (Å²) in [6, 6.07) is 14.1. The van der Waals surface area contributed by atoms with Gasteiger partial charge in [-0.1, -0.05) is 12.6 Å². The van der Waals surface area contributed by atoms with Crippen LogP contribution in [0.5, 0.6) is 23.0 Å². The zero-order valence-electron chi connectivity index (χ0n) is 18.2. The SMILES string of the molecule is C=CC(=O)NC1CCN(c2cc(Oc3ccc(Oc4cccc(F)c4)cc3)c(C(N)=O)cn2)C1. The molecular formula is C25H23FN4O4. The van der Waals surface area contributed by atoms with E-state index in [9.17, 15) is 14.0 Å². The third-order valence-corrected chi connectivity index (χ3v) is 5.24. The number of anilines is 1. The molecule has 0 saturated carbocycles. The minimum Gasteiger partial charge on any atom is -0.457 e. The number of carbonyl (C=O) groups excluding carboxylic acids is 2. The monoisotopic (exact) mass is 462 g/mol. The van der Waals surface area contributed by atoms with Gasteiger partial charge in [0.2, 0.25) is 5.91 Å². The van der Waals surface area contributed by atoms with Crippen molar-refractivity contribution in [3.8, 4) is 23.0 Å². The number of carbonyl (C=O) groups is 2. The van der Waals surface area contributed by atoms with Crippen molar-refractivity contribution in [3.63, 3.8) is 0 Å². The maximum absolute atomic E-state index is 13.3. The summed E-state index contributed by atoms with van der Waals surface area (Å²) in [4.78, 5) is 29.8. The van der Waals surface area contributed by atoms with E-state index in [1.807, 2.05) is 4.90 Å². The van der Waals surface area contributed by atoms with Gasteiger partial charge in [-0.15, -0.1) is 0 Å². The van der Waals surface area contributed by atoms with Crippen molar-refractivity contribution >= 4 is 17.6 Å². The second kappa shape index (κ2) is 10.0. The topological polar surface area (TPSA) is 107 Å². The average molecular weight is 462 g/mol. The van der Waals surface area contributed by atoms with Crippen molar-refractivity contribution in [2.45, 2.75) is 12.5 Å². The van der Waals surface area contributed by atoms with Crippen molar-refractivity contribution < 1.29 is 23.5 Å². The first-order valence-corrected chi connectivity index (χ1v) is 10.6. The molecule has 3 aromatic rings.